The van der Waals surface area contributed by atoms with Crippen molar-refractivity contribution in [2.45, 2.75) is 6.42 Å². The minimum Gasteiger partial charge on any atom is -0.258 e. The van der Waals surface area contributed by atoms with Gasteiger partial charge in [-0.05, 0) is 48.0 Å². The minimum absolute atomic E-state index is 0.102. The summed E-state index contributed by atoms with van der Waals surface area (Å²) in [6.45, 7) is 3.10. The molecule has 0 N–H and O–H groups in total. The number of halogens is 4. The molecule has 0 saturated heterocycles. The van der Waals surface area contributed by atoms with E-state index in [0.29, 0.717) is 16.7 Å². The van der Waals surface area contributed by atoms with Gasteiger partial charge in [0.2, 0.25) is 0 Å². The highest BCUT2D eigenvalue weighted by Crippen LogP contribution is 2.29. The molecule has 0 fully saturated rings. The second-order valence-electron chi connectivity index (χ2n) is 4.34. The Morgan fingerprint density at radius 3 is 2.05 bits per heavy atom. The van der Waals surface area contributed by atoms with Gasteiger partial charge >= 0.3 is 0 Å². The molecule has 0 saturated carbocycles. The van der Waals surface area contributed by atoms with E-state index < -0.39 is 23.4 Å². The minimum atomic E-state index is -1.74. The highest BCUT2D eigenvalue weighted by molar-refractivity contribution is 5.67. The van der Waals surface area contributed by atoms with Crippen molar-refractivity contribution in [2.24, 2.45) is 4.99 Å². The number of aliphatic imine (C=N–C) groups is 1. The number of allylic oxidation sites excluding steroid dienone is 1. The third-order valence-corrected chi connectivity index (χ3v) is 2.95. The van der Waals surface area contributed by atoms with Crippen LogP contribution in [0.1, 0.15) is 5.56 Å². The van der Waals surface area contributed by atoms with E-state index in [9.17, 15) is 17.6 Å². The van der Waals surface area contributed by atoms with E-state index in [1.165, 1.54) is 0 Å². The van der Waals surface area contributed by atoms with E-state index in [4.69, 9.17) is 0 Å². The predicted molar refractivity (Wildman–Crippen MR) is 75.0 cm³/mol. The Labute approximate surface area is 119 Å². The molecular formula is C16H11F4N. The Kier molecular flexibility index (Phi) is 4.52. The van der Waals surface area contributed by atoms with E-state index in [1.807, 2.05) is 0 Å². The van der Waals surface area contributed by atoms with Crippen molar-refractivity contribution in [1.82, 2.24) is 0 Å². The fraction of sp³-hybridized carbons (Fsp3) is 0.0625. The molecule has 5 heteroatoms. The van der Waals surface area contributed by atoms with Crippen molar-refractivity contribution in [3.63, 3.8) is 0 Å². The van der Waals surface area contributed by atoms with E-state index in [2.05, 4.69) is 11.7 Å². The van der Waals surface area contributed by atoms with Crippen LogP contribution in [0.5, 0.6) is 0 Å². The summed E-state index contributed by atoms with van der Waals surface area (Å²) in [5.41, 5.74) is 1.18. The van der Waals surface area contributed by atoms with Crippen LogP contribution in [-0.2, 0) is 6.42 Å². The van der Waals surface area contributed by atoms with Crippen molar-refractivity contribution < 1.29 is 17.6 Å². The second-order valence-corrected chi connectivity index (χ2v) is 4.34. The van der Waals surface area contributed by atoms with E-state index in [0.717, 1.165) is 18.2 Å². The maximum absolute atomic E-state index is 13.6. The van der Waals surface area contributed by atoms with Crippen molar-refractivity contribution in [2.75, 3.05) is 0 Å². The van der Waals surface area contributed by atoms with Gasteiger partial charge in [0.25, 0.3) is 6.08 Å². The van der Waals surface area contributed by atoms with Crippen LogP contribution < -0.4 is 0 Å². The topological polar surface area (TPSA) is 12.4 Å². The van der Waals surface area contributed by atoms with Gasteiger partial charge < -0.3 is 0 Å². The number of benzene rings is 2. The lowest BCUT2D eigenvalue weighted by Crippen LogP contribution is -1.88. The first-order valence-electron chi connectivity index (χ1n) is 6.07. The zero-order valence-electron chi connectivity index (χ0n) is 10.9. The molecule has 1 nitrogen and oxygen atoms in total. The first-order valence-corrected chi connectivity index (χ1v) is 6.07. The molecule has 21 heavy (non-hydrogen) atoms. The molecule has 0 aliphatic rings. The van der Waals surface area contributed by atoms with Crippen LogP contribution in [0.15, 0.2) is 53.5 Å². The maximum atomic E-state index is 13.6. The zero-order valence-corrected chi connectivity index (χ0v) is 10.9. The van der Waals surface area contributed by atoms with Crippen LogP contribution >= 0.6 is 0 Å². The summed E-state index contributed by atoms with van der Waals surface area (Å²) in [6.07, 6.45) is -0.834. The molecule has 0 aliphatic carbocycles. The van der Waals surface area contributed by atoms with Crippen LogP contribution in [0.4, 0.5) is 23.2 Å². The van der Waals surface area contributed by atoms with Gasteiger partial charge in [0, 0.05) is 0 Å². The molecular weight excluding hydrogens is 282 g/mol. The smallest absolute Gasteiger partial charge is 0.258 e. The highest BCUT2D eigenvalue weighted by Gasteiger charge is 2.10. The van der Waals surface area contributed by atoms with E-state index in [-0.39, 0.29) is 6.42 Å². The van der Waals surface area contributed by atoms with Crippen LogP contribution in [0.3, 0.4) is 0 Å². The average Bonchev–Trinajstić information content (AvgIpc) is 2.45. The molecule has 108 valence electrons. The molecule has 0 spiro atoms. The molecule has 0 aliphatic heterocycles. The standard InChI is InChI=1S/C16H11F4N/c1-21-16-13(17)8-12(9-14(16)18)11-5-2-10(3-6-11)4-7-15(19)20/h2-3,5-9H,1,4H2. The number of nitrogens with zero attached hydrogens (tertiary/aromatic N) is 1. The number of hydrogen-bond acceptors (Lipinski definition) is 1. The van der Waals surface area contributed by atoms with Crippen molar-refractivity contribution in [3.8, 4) is 11.1 Å². The molecule has 0 radical (unpaired) electrons. The maximum Gasteiger partial charge on any atom is 0.266 e. The molecule has 2 aromatic rings. The summed E-state index contributed by atoms with van der Waals surface area (Å²) in [6, 6.07) is 8.81. The molecule has 0 bridgehead atoms. The Morgan fingerprint density at radius 2 is 1.57 bits per heavy atom. The summed E-state index contributed by atoms with van der Waals surface area (Å²) in [5.74, 6) is -1.60. The van der Waals surface area contributed by atoms with Gasteiger partial charge in [0.05, 0.1) is 0 Å². The molecule has 0 aromatic heterocycles. The van der Waals surface area contributed by atoms with Gasteiger partial charge in [-0.15, -0.1) is 0 Å². The van der Waals surface area contributed by atoms with Gasteiger partial charge in [-0.25, -0.2) is 8.78 Å². The SMILES string of the molecule is C=Nc1c(F)cc(-c2ccc(CC=C(F)F)cc2)cc1F. The van der Waals surface area contributed by atoms with Gasteiger partial charge in [0.1, 0.15) is 5.69 Å². The Morgan fingerprint density at radius 1 is 1.00 bits per heavy atom. The second kappa shape index (κ2) is 6.35. The summed E-state index contributed by atoms with van der Waals surface area (Å²) in [7, 11) is 0. The summed E-state index contributed by atoms with van der Waals surface area (Å²) in [5, 5.41) is 0. The quantitative estimate of drug-likeness (QED) is 0.536. The van der Waals surface area contributed by atoms with Crippen LogP contribution in [0.25, 0.3) is 11.1 Å². The van der Waals surface area contributed by atoms with Crippen LogP contribution in [-0.4, -0.2) is 6.72 Å². The zero-order chi connectivity index (χ0) is 15.4. The summed E-state index contributed by atoms with van der Waals surface area (Å²) >= 11 is 0. The van der Waals surface area contributed by atoms with Gasteiger partial charge in [-0.2, -0.15) is 8.78 Å². The molecule has 0 atom stereocenters. The number of hydrogen-bond donors (Lipinski definition) is 0. The van der Waals surface area contributed by atoms with Crippen molar-refractivity contribution in [3.05, 3.63) is 65.8 Å². The van der Waals surface area contributed by atoms with Crippen molar-refractivity contribution >= 4 is 12.4 Å². The van der Waals surface area contributed by atoms with Crippen LogP contribution in [0.2, 0.25) is 0 Å². The van der Waals surface area contributed by atoms with E-state index in [1.54, 1.807) is 24.3 Å². The third kappa shape index (κ3) is 3.56. The third-order valence-electron chi connectivity index (χ3n) is 2.95. The van der Waals surface area contributed by atoms with Crippen molar-refractivity contribution in [1.29, 1.82) is 0 Å². The Bertz CT molecular complexity index is 663. The molecule has 0 unspecified atom stereocenters. The summed E-state index contributed by atoms with van der Waals surface area (Å²) in [4.78, 5) is 3.28. The Balaban J connectivity index is 2.31. The average molecular weight is 293 g/mol. The predicted octanol–water partition coefficient (Wildman–Crippen LogP) is 5.29. The normalized spacial score (nSPS) is 10.3. The first-order chi connectivity index (χ1) is 10.0. The van der Waals surface area contributed by atoms with Crippen LogP contribution in [0, 0.1) is 11.6 Å². The Hall–Kier alpha value is -2.43. The fourth-order valence-electron chi connectivity index (χ4n) is 1.91. The fourth-order valence-corrected chi connectivity index (χ4v) is 1.91. The molecule has 2 rings (SSSR count). The molecule has 0 amide bonds. The van der Waals surface area contributed by atoms with Gasteiger partial charge in [-0.1, -0.05) is 24.3 Å². The largest absolute Gasteiger partial charge is 0.266 e. The number of rotatable bonds is 4. The summed E-state index contributed by atoms with van der Waals surface area (Å²) < 4.78 is 51.2. The van der Waals surface area contributed by atoms with Gasteiger partial charge in [0.15, 0.2) is 11.6 Å². The monoisotopic (exact) mass is 293 g/mol. The van der Waals surface area contributed by atoms with E-state index >= 15 is 0 Å². The molecule has 0 heterocycles. The lowest BCUT2D eigenvalue weighted by molar-refractivity contribution is 0.418. The molecule has 2 aromatic carbocycles. The lowest BCUT2D eigenvalue weighted by atomic mass is 10.0. The first kappa shape index (κ1) is 15.0. The lowest BCUT2D eigenvalue weighted by Gasteiger charge is -2.06. The van der Waals surface area contributed by atoms with Gasteiger partial charge in [-0.3, -0.25) is 4.99 Å². The highest BCUT2D eigenvalue weighted by atomic mass is 19.3.